The average Bonchev–Trinajstić information content (AvgIpc) is 1.41. The molecule has 0 bridgehead atoms. The molecule has 0 aliphatic heterocycles. The SMILES string of the molecule is [2H][C+]=CC#N. The first kappa shape index (κ1) is 1.46. The summed E-state index contributed by atoms with van der Waals surface area (Å²) in [5, 5.41) is 7.58. The molecule has 0 heterocycles. The second-order valence-electron chi connectivity index (χ2n) is 0.273. The molecule has 0 rings (SSSR count). The van der Waals surface area contributed by atoms with Gasteiger partial charge in [0.15, 0.2) is 0 Å². The maximum Gasteiger partial charge on any atom is 0.329 e. The van der Waals surface area contributed by atoms with Gasteiger partial charge in [0.25, 0.3) is 1.37 Å². The van der Waals surface area contributed by atoms with Gasteiger partial charge in [-0.1, -0.05) is 5.26 Å². The van der Waals surface area contributed by atoms with Crippen molar-refractivity contribution < 1.29 is 1.37 Å². The fourth-order valence-corrected chi connectivity index (χ4v) is 0. The Labute approximate surface area is 26.6 Å². The molecule has 0 N–H and O–H groups in total. The van der Waals surface area contributed by atoms with E-state index < -0.39 is 0 Å². The Hall–Kier alpha value is -0.860. The highest BCUT2D eigenvalue weighted by atomic mass is 14.2. The van der Waals surface area contributed by atoms with Crippen LogP contribution in [0, 0.1) is 17.9 Å². The van der Waals surface area contributed by atoms with E-state index in [0.29, 0.717) is 0 Å². The summed E-state index contributed by atoms with van der Waals surface area (Å²) in [6.45, 7) is 1.78. The first-order chi connectivity index (χ1) is 2.41. The normalized spacial score (nSPS) is 8.25. The van der Waals surface area contributed by atoms with Crippen molar-refractivity contribution in [3.63, 3.8) is 0 Å². The Morgan fingerprint density at radius 1 is 2.50 bits per heavy atom. The molecule has 0 radical (unpaired) electrons. The molecule has 0 saturated carbocycles. The number of nitrogens with zero attached hydrogens (tertiary/aromatic N) is 1. The quantitative estimate of drug-likeness (QED) is 0.291. The third-order valence-electron chi connectivity index (χ3n) is 0.0645. The van der Waals surface area contributed by atoms with Crippen molar-refractivity contribution >= 4 is 0 Å². The van der Waals surface area contributed by atoms with Gasteiger partial charge in [-0.3, -0.25) is 0 Å². The van der Waals surface area contributed by atoms with Gasteiger partial charge in [-0.25, -0.2) is 0 Å². The van der Waals surface area contributed by atoms with Gasteiger partial charge >= 0.3 is 6.07 Å². The summed E-state index contributed by atoms with van der Waals surface area (Å²) in [5.41, 5.74) is 0. The molecule has 0 amide bonds. The molecule has 0 aliphatic rings. The largest absolute Gasteiger partial charge is 0.329 e. The minimum Gasteiger partial charge on any atom is -0.0510 e. The number of hydrogen-bond acceptors (Lipinski definition) is 1. The molecule has 1 heteroatoms. The summed E-state index contributed by atoms with van der Waals surface area (Å²) in [6, 6.07) is 1.59. The van der Waals surface area contributed by atoms with Crippen LogP contribution in [0.1, 0.15) is 1.37 Å². The molecule has 0 aliphatic carbocycles. The van der Waals surface area contributed by atoms with Gasteiger partial charge in [0.1, 0.15) is 0 Å². The Kier molecular flexibility index (Phi) is 0.780. The van der Waals surface area contributed by atoms with Crippen LogP contribution < -0.4 is 0 Å². The lowest BCUT2D eigenvalue weighted by Crippen LogP contribution is -1.24. The molecule has 0 unspecified atom stereocenters. The molecule has 0 atom stereocenters. The van der Waals surface area contributed by atoms with Crippen LogP contribution in [-0.4, -0.2) is 0 Å². The van der Waals surface area contributed by atoms with Gasteiger partial charge in [-0.15, -0.1) is 0 Å². The topological polar surface area (TPSA) is 23.8 Å². The average molecular weight is 53.1 g/mol. The number of hydrogen-bond donors (Lipinski definition) is 0. The third-order valence-corrected chi connectivity index (χ3v) is 0.0645. The standard InChI is InChI=1S/C3H2N/c1-2-3-4/h1-2H/q+1/i1D. The van der Waals surface area contributed by atoms with Crippen molar-refractivity contribution in [2.24, 2.45) is 0 Å². The van der Waals surface area contributed by atoms with Gasteiger partial charge in [-0.2, -0.15) is 0 Å². The van der Waals surface area contributed by atoms with E-state index >= 15 is 0 Å². The summed E-state index contributed by atoms with van der Waals surface area (Å²) in [4.78, 5) is 0. The molecule has 0 aromatic heterocycles. The van der Waals surface area contributed by atoms with Crippen LogP contribution >= 0.6 is 0 Å². The molecule has 0 saturated heterocycles. The predicted octanol–water partition coefficient (Wildman–Crippen LogP) is 0.499. The van der Waals surface area contributed by atoms with E-state index in [-0.39, 0.29) is 0 Å². The highest BCUT2D eigenvalue weighted by molar-refractivity contribution is 4.91. The number of rotatable bonds is 0. The van der Waals surface area contributed by atoms with Crippen molar-refractivity contribution in [3.05, 3.63) is 12.6 Å². The second-order valence-corrected chi connectivity index (χ2v) is 0.273. The molecule has 0 fully saturated rings. The van der Waals surface area contributed by atoms with Gasteiger partial charge in [0.05, 0.1) is 6.55 Å². The third kappa shape index (κ3) is 1.14. The minimum absolute atomic E-state index is 0.972. The lowest BCUT2D eigenvalue weighted by atomic mass is 10.8. The Balaban J connectivity index is 3.04. The van der Waals surface area contributed by atoms with E-state index in [1.807, 2.05) is 0 Å². The van der Waals surface area contributed by atoms with Crippen molar-refractivity contribution in [2.75, 3.05) is 0 Å². The molecular weight excluding hydrogens is 50.0 g/mol. The summed E-state index contributed by atoms with van der Waals surface area (Å²) in [5.74, 6) is 0. The zero-order valence-corrected chi connectivity index (χ0v) is 2.02. The monoisotopic (exact) mass is 53.0 g/mol. The predicted molar refractivity (Wildman–Crippen MR) is 14.5 cm³/mol. The molecular formula is C3H2N+. The van der Waals surface area contributed by atoms with Crippen LogP contribution in [0.3, 0.4) is 0 Å². The molecule has 18 valence electrons. The highest BCUT2D eigenvalue weighted by Gasteiger charge is 1.56. The van der Waals surface area contributed by atoms with Crippen molar-refractivity contribution in [1.82, 2.24) is 0 Å². The van der Waals surface area contributed by atoms with Crippen molar-refractivity contribution in [3.8, 4) is 6.07 Å². The lowest BCUT2D eigenvalue weighted by molar-refractivity contribution is 1.54. The number of allylic oxidation sites excluding steroid dienone is 1. The fourth-order valence-electron chi connectivity index (χ4n) is 0. The second kappa shape index (κ2) is 2.14. The number of nitriles is 1. The van der Waals surface area contributed by atoms with Crippen LogP contribution in [0.4, 0.5) is 0 Å². The Morgan fingerprint density at radius 3 is 3.25 bits per heavy atom. The zero-order chi connectivity index (χ0) is 4.12. The van der Waals surface area contributed by atoms with Crippen molar-refractivity contribution in [2.45, 2.75) is 0 Å². The minimum atomic E-state index is 0.972. The smallest absolute Gasteiger partial charge is 0.0510 e. The highest BCUT2D eigenvalue weighted by Crippen LogP contribution is 1.40. The van der Waals surface area contributed by atoms with Crippen LogP contribution in [-0.2, 0) is 0 Å². The van der Waals surface area contributed by atoms with Crippen LogP contribution in [0.25, 0.3) is 0 Å². The lowest BCUT2D eigenvalue weighted by Gasteiger charge is -1.09. The Bertz CT molecular complexity index is 69.5. The fraction of sp³-hybridized carbons (Fsp3) is 0. The maximum atomic E-state index is 7.58. The van der Waals surface area contributed by atoms with E-state index in [2.05, 4.69) is 0 Å². The molecule has 0 aromatic rings. The Morgan fingerprint density at radius 2 is 3.25 bits per heavy atom. The first-order valence-corrected chi connectivity index (χ1v) is 0.801. The molecule has 4 heavy (non-hydrogen) atoms. The molecule has 1 nitrogen and oxygen atoms in total. The van der Waals surface area contributed by atoms with Gasteiger partial charge in [-0.05, 0) is 0 Å². The van der Waals surface area contributed by atoms with E-state index in [9.17, 15) is 0 Å². The molecule has 0 spiro atoms. The summed E-state index contributed by atoms with van der Waals surface area (Å²) in [6.07, 6.45) is 0.972. The van der Waals surface area contributed by atoms with Gasteiger partial charge in [0, 0.05) is 0 Å². The van der Waals surface area contributed by atoms with E-state index in [4.69, 9.17) is 6.63 Å². The van der Waals surface area contributed by atoms with Gasteiger partial charge in [0.2, 0.25) is 6.08 Å². The van der Waals surface area contributed by atoms with Crippen molar-refractivity contribution in [1.29, 1.82) is 5.26 Å². The summed E-state index contributed by atoms with van der Waals surface area (Å²) in [7, 11) is 0. The van der Waals surface area contributed by atoms with Crippen LogP contribution in [0.5, 0.6) is 0 Å². The van der Waals surface area contributed by atoms with Crippen LogP contribution in [0.2, 0.25) is 0 Å². The summed E-state index contributed by atoms with van der Waals surface area (Å²) >= 11 is 0. The first-order valence-electron chi connectivity index (χ1n) is 1.30. The zero-order valence-electron chi connectivity index (χ0n) is 3.02. The molecule has 0 aromatic carbocycles. The van der Waals surface area contributed by atoms with E-state index in [0.717, 1.165) is 6.08 Å². The maximum absolute atomic E-state index is 7.58. The van der Waals surface area contributed by atoms with Crippen LogP contribution in [0.15, 0.2) is 6.08 Å². The van der Waals surface area contributed by atoms with E-state index in [1.54, 1.807) is 12.6 Å². The van der Waals surface area contributed by atoms with E-state index in [1.165, 1.54) is 0 Å². The van der Waals surface area contributed by atoms with Gasteiger partial charge < -0.3 is 0 Å². The summed E-state index contributed by atoms with van der Waals surface area (Å²) < 4.78 is 6.07.